The Bertz CT molecular complexity index is 507. The molecule has 0 aliphatic carbocycles. The van der Waals surface area contributed by atoms with E-state index in [2.05, 4.69) is 25.2 Å². The molecule has 3 heterocycles. The van der Waals surface area contributed by atoms with Crippen molar-refractivity contribution < 1.29 is 4.79 Å². The summed E-state index contributed by atoms with van der Waals surface area (Å²) >= 11 is 1.61. The average molecular weight is 291 g/mol. The van der Waals surface area contributed by atoms with Gasteiger partial charge >= 0.3 is 0 Å². The van der Waals surface area contributed by atoms with Gasteiger partial charge in [0, 0.05) is 31.2 Å². The van der Waals surface area contributed by atoms with Crippen molar-refractivity contribution in [2.45, 2.75) is 12.8 Å². The Balaban J connectivity index is 1.61. The summed E-state index contributed by atoms with van der Waals surface area (Å²) in [6.07, 6.45) is 7.00. The molecule has 0 spiro atoms. The van der Waals surface area contributed by atoms with Crippen molar-refractivity contribution in [1.82, 2.24) is 15.3 Å². The van der Waals surface area contributed by atoms with Crippen molar-refractivity contribution in [3.63, 3.8) is 0 Å². The van der Waals surface area contributed by atoms with Gasteiger partial charge in [0.05, 0.1) is 18.7 Å². The Morgan fingerprint density at radius 1 is 1.45 bits per heavy atom. The Morgan fingerprint density at radius 3 is 3.15 bits per heavy atom. The number of anilines is 1. The minimum Gasteiger partial charge on any atom is -0.355 e. The fraction of sp³-hybridized carbons (Fsp3) is 0.538. The lowest BCUT2D eigenvalue weighted by Crippen LogP contribution is -2.44. The van der Waals surface area contributed by atoms with E-state index in [1.54, 1.807) is 30.4 Å². The van der Waals surface area contributed by atoms with Crippen LogP contribution in [0.15, 0.2) is 23.6 Å². The van der Waals surface area contributed by atoms with Crippen LogP contribution < -0.4 is 10.2 Å². The number of aliphatic imine (C=N–C) groups is 1. The van der Waals surface area contributed by atoms with Crippen molar-refractivity contribution in [3.8, 4) is 0 Å². The van der Waals surface area contributed by atoms with Crippen LogP contribution in [0.3, 0.4) is 0 Å². The first-order chi connectivity index (χ1) is 9.83. The number of carbonyl (C=O) groups is 1. The number of thioether (sulfide) groups is 1. The van der Waals surface area contributed by atoms with Crippen LogP contribution in [0.25, 0.3) is 0 Å². The molecule has 1 amide bonds. The lowest BCUT2D eigenvalue weighted by Gasteiger charge is -2.32. The number of nitrogens with zero attached hydrogens (tertiary/aromatic N) is 4. The summed E-state index contributed by atoms with van der Waals surface area (Å²) in [5.41, 5.74) is 0. The molecular weight excluding hydrogens is 274 g/mol. The number of rotatable bonds is 2. The molecule has 0 bridgehead atoms. The monoisotopic (exact) mass is 291 g/mol. The van der Waals surface area contributed by atoms with Crippen LogP contribution in [0.2, 0.25) is 0 Å². The molecule has 1 saturated heterocycles. The molecule has 3 rings (SSSR count). The van der Waals surface area contributed by atoms with Gasteiger partial charge in [-0.25, -0.2) is 4.98 Å². The average Bonchev–Trinajstić information content (AvgIpc) is 3.01. The lowest BCUT2D eigenvalue weighted by atomic mass is 9.97. The van der Waals surface area contributed by atoms with E-state index in [4.69, 9.17) is 0 Å². The third kappa shape index (κ3) is 3.09. The Kier molecular flexibility index (Phi) is 4.15. The number of hydrogen-bond donors (Lipinski definition) is 1. The highest BCUT2D eigenvalue weighted by atomic mass is 32.2. The summed E-state index contributed by atoms with van der Waals surface area (Å²) < 4.78 is 0. The fourth-order valence-electron chi connectivity index (χ4n) is 2.47. The molecule has 20 heavy (non-hydrogen) atoms. The van der Waals surface area contributed by atoms with Gasteiger partial charge in [0.1, 0.15) is 5.82 Å². The predicted molar refractivity (Wildman–Crippen MR) is 79.9 cm³/mol. The first-order valence-electron chi connectivity index (χ1n) is 6.82. The molecule has 1 aromatic rings. The minimum atomic E-state index is -0.00495. The fourth-order valence-corrected chi connectivity index (χ4v) is 3.20. The second kappa shape index (κ2) is 6.21. The number of aromatic nitrogens is 2. The van der Waals surface area contributed by atoms with E-state index >= 15 is 0 Å². The molecule has 7 heteroatoms. The van der Waals surface area contributed by atoms with Crippen LogP contribution in [0.1, 0.15) is 12.8 Å². The molecule has 1 aromatic heterocycles. The number of nitrogens with one attached hydrogen (secondary N) is 1. The van der Waals surface area contributed by atoms with E-state index in [0.717, 1.165) is 42.7 Å². The third-order valence-electron chi connectivity index (χ3n) is 3.48. The van der Waals surface area contributed by atoms with Crippen molar-refractivity contribution in [1.29, 1.82) is 0 Å². The quantitative estimate of drug-likeness (QED) is 0.877. The molecule has 1 unspecified atom stereocenters. The van der Waals surface area contributed by atoms with Crippen LogP contribution in [0.4, 0.5) is 5.82 Å². The van der Waals surface area contributed by atoms with Gasteiger partial charge in [0.15, 0.2) is 5.17 Å². The van der Waals surface area contributed by atoms with E-state index in [0.29, 0.717) is 6.54 Å². The summed E-state index contributed by atoms with van der Waals surface area (Å²) in [7, 11) is 0. The maximum Gasteiger partial charge on any atom is 0.230 e. The van der Waals surface area contributed by atoms with Crippen molar-refractivity contribution in [2.24, 2.45) is 10.9 Å². The SMILES string of the molecule is O=C(NC1=NCCS1)C1CCCN(c2cnccn2)C1. The molecular formula is C13H17N5OS. The highest BCUT2D eigenvalue weighted by Gasteiger charge is 2.27. The third-order valence-corrected chi connectivity index (χ3v) is 4.37. The first kappa shape index (κ1) is 13.4. The van der Waals surface area contributed by atoms with Crippen molar-refractivity contribution >= 4 is 28.7 Å². The standard InChI is InChI=1S/C13H17N5OS/c19-12(17-13-16-5-7-20-13)10-2-1-6-18(9-10)11-8-14-3-4-15-11/h3-4,8,10H,1-2,5-7,9H2,(H,16,17,19). The molecule has 1 N–H and O–H groups in total. The van der Waals surface area contributed by atoms with Crippen LogP contribution >= 0.6 is 11.8 Å². The second-order valence-corrected chi connectivity index (χ2v) is 5.96. The van der Waals surface area contributed by atoms with Gasteiger partial charge in [-0.15, -0.1) is 0 Å². The number of carbonyl (C=O) groups excluding carboxylic acids is 1. The van der Waals surface area contributed by atoms with Gasteiger partial charge in [-0.3, -0.25) is 14.8 Å². The maximum atomic E-state index is 12.3. The van der Waals surface area contributed by atoms with E-state index in [-0.39, 0.29) is 11.8 Å². The smallest absolute Gasteiger partial charge is 0.230 e. The van der Waals surface area contributed by atoms with Gasteiger partial charge in [0.2, 0.25) is 5.91 Å². The van der Waals surface area contributed by atoms with Crippen LogP contribution in [0.5, 0.6) is 0 Å². The lowest BCUT2D eigenvalue weighted by molar-refractivity contribution is -0.123. The molecule has 0 radical (unpaired) electrons. The summed E-state index contributed by atoms with van der Waals surface area (Å²) in [6.45, 7) is 2.43. The van der Waals surface area contributed by atoms with E-state index in [1.807, 2.05) is 0 Å². The summed E-state index contributed by atoms with van der Waals surface area (Å²) in [5.74, 6) is 1.88. The molecule has 2 aliphatic heterocycles. The zero-order valence-electron chi connectivity index (χ0n) is 11.2. The summed E-state index contributed by atoms with van der Waals surface area (Å²) in [6, 6.07) is 0. The molecule has 6 nitrogen and oxygen atoms in total. The number of piperidine rings is 1. The largest absolute Gasteiger partial charge is 0.355 e. The Morgan fingerprint density at radius 2 is 2.40 bits per heavy atom. The van der Waals surface area contributed by atoms with Gasteiger partial charge in [-0.1, -0.05) is 11.8 Å². The topological polar surface area (TPSA) is 70.5 Å². The zero-order chi connectivity index (χ0) is 13.8. The normalized spacial score (nSPS) is 22.5. The van der Waals surface area contributed by atoms with E-state index < -0.39 is 0 Å². The molecule has 1 atom stereocenters. The van der Waals surface area contributed by atoms with E-state index in [9.17, 15) is 4.79 Å². The van der Waals surface area contributed by atoms with Crippen LogP contribution in [0, 0.1) is 5.92 Å². The minimum absolute atomic E-state index is 0.00495. The van der Waals surface area contributed by atoms with Gasteiger partial charge < -0.3 is 10.2 Å². The summed E-state index contributed by atoms with van der Waals surface area (Å²) in [5, 5.41) is 3.70. The Labute approximate surface area is 122 Å². The number of amides is 1. The van der Waals surface area contributed by atoms with Crippen molar-refractivity contribution in [2.75, 3.05) is 30.3 Å². The first-order valence-corrected chi connectivity index (χ1v) is 7.80. The number of amidine groups is 1. The predicted octanol–water partition coefficient (Wildman–Crippen LogP) is 0.912. The molecule has 2 aliphatic rings. The maximum absolute atomic E-state index is 12.3. The van der Waals surface area contributed by atoms with Crippen LogP contribution in [-0.4, -0.2) is 46.4 Å². The molecule has 106 valence electrons. The summed E-state index contributed by atoms with van der Waals surface area (Å²) in [4.78, 5) is 27.0. The van der Waals surface area contributed by atoms with Gasteiger partial charge in [-0.2, -0.15) is 0 Å². The van der Waals surface area contributed by atoms with Gasteiger partial charge in [-0.05, 0) is 12.8 Å². The van der Waals surface area contributed by atoms with Crippen LogP contribution in [-0.2, 0) is 4.79 Å². The molecule has 0 saturated carbocycles. The molecule has 1 fully saturated rings. The van der Waals surface area contributed by atoms with Crippen molar-refractivity contribution in [3.05, 3.63) is 18.6 Å². The highest BCUT2D eigenvalue weighted by molar-refractivity contribution is 8.14. The number of hydrogen-bond acceptors (Lipinski definition) is 6. The highest BCUT2D eigenvalue weighted by Crippen LogP contribution is 2.21. The van der Waals surface area contributed by atoms with E-state index in [1.165, 1.54) is 0 Å². The Hall–Kier alpha value is -1.63. The van der Waals surface area contributed by atoms with Gasteiger partial charge in [0.25, 0.3) is 0 Å². The molecule has 0 aromatic carbocycles. The zero-order valence-corrected chi connectivity index (χ0v) is 12.0. The second-order valence-electron chi connectivity index (χ2n) is 4.87.